The van der Waals surface area contributed by atoms with Crippen molar-refractivity contribution in [2.45, 2.75) is 6.92 Å². The van der Waals surface area contributed by atoms with Crippen LogP contribution in [0.5, 0.6) is 0 Å². The lowest BCUT2D eigenvalue weighted by atomic mass is 10.2. The van der Waals surface area contributed by atoms with E-state index < -0.39 is 0 Å². The Morgan fingerprint density at radius 1 is 0.800 bits per heavy atom. The van der Waals surface area contributed by atoms with Crippen LogP contribution in [0.1, 0.15) is 5.56 Å². The number of rotatable bonds is 0. The van der Waals surface area contributed by atoms with Crippen LogP contribution in [0.3, 0.4) is 0 Å². The van der Waals surface area contributed by atoms with Crippen molar-refractivity contribution < 1.29 is 0 Å². The van der Waals surface area contributed by atoms with Gasteiger partial charge < -0.3 is 0 Å². The molecule has 0 spiro atoms. The third-order valence-electron chi connectivity index (χ3n) is 0.940. The molecule has 0 radical (unpaired) electrons. The highest BCUT2D eigenvalue weighted by molar-refractivity contribution is 8.93. The molecule has 0 amide bonds. The molecule has 0 nitrogen and oxygen atoms in total. The predicted molar refractivity (Wildman–Crippen MR) is 62.1 cm³/mol. The highest BCUT2D eigenvalue weighted by Gasteiger charge is 1.72. The number of halogens is 3. The molecular weight excluding hydrogens is 324 g/mol. The summed E-state index contributed by atoms with van der Waals surface area (Å²) in [5.41, 5.74) is 1.32. The van der Waals surface area contributed by atoms with E-state index in [-0.39, 0.29) is 50.9 Å². The molecule has 0 atom stereocenters. The van der Waals surface area contributed by atoms with Gasteiger partial charge in [0.15, 0.2) is 0 Å². The normalized spacial score (nSPS) is 6.10. The van der Waals surface area contributed by atoms with Crippen LogP contribution < -0.4 is 0 Å². The first-order chi connectivity index (χ1) is 3.39. The van der Waals surface area contributed by atoms with Crippen molar-refractivity contribution in [2.75, 3.05) is 0 Å². The minimum Gasteiger partial charge on any atom is -0.114 e. The molecule has 0 unspecified atom stereocenters. The maximum absolute atomic E-state index is 2.08. The fraction of sp³-hybridized carbons (Fsp3) is 0.143. The van der Waals surface area contributed by atoms with Crippen LogP contribution in [0.25, 0.3) is 0 Å². The van der Waals surface area contributed by atoms with Gasteiger partial charge in [-0.1, -0.05) is 35.9 Å². The maximum Gasteiger partial charge on any atom is -0.0398 e. The van der Waals surface area contributed by atoms with Crippen LogP contribution in [0, 0.1) is 6.92 Å². The van der Waals surface area contributed by atoms with Gasteiger partial charge in [-0.3, -0.25) is 0 Å². The lowest BCUT2D eigenvalue weighted by molar-refractivity contribution is 1.48. The fourth-order valence-electron chi connectivity index (χ4n) is 0.534. The quantitative estimate of drug-likeness (QED) is 0.678. The third-order valence-corrected chi connectivity index (χ3v) is 0.940. The smallest absolute Gasteiger partial charge is 0.0398 e. The van der Waals surface area contributed by atoms with E-state index in [1.165, 1.54) is 5.56 Å². The van der Waals surface area contributed by atoms with Gasteiger partial charge >= 0.3 is 0 Å². The second kappa shape index (κ2) is 9.66. The molecule has 60 valence electrons. The first-order valence-corrected chi connectivity index (χ1v) is 2.41. The zero-order valence-electron chi connectivity index (χ0n) is 5.61. The zero-order chi connectivity index (χ0) is 5.11. The van der Waals surface area contributed by atoms with Crippen molar-refractivity contribution >= 4 is 50.9 Å². The minimum atomic E-state index is 0. The van der Waals surface area contributed by atoms with Gasteiger partial charge in [-0.25, -0.2) is 0 Å². The molecule has 1 rings (SSSR count). The molecular formula is C7H11Br3. The van der Waals surface area contributed by atoms with Crippen molar-refractivity contribution in [1.29, 1.82) is 0 Å². The molecule has 0 fully saturated rings. The van der Waals surface area contributed by atoms with Crippen molar-refractivity contribution in [3.05, 3.63) is 35.9 Å². The fourth-order valence-corrected chi connectivity index (χ4v) is 0.534. The Morgan fingerprint density at radius 2 is 1.20 bits per heavy atom. The van der Waals surface area contributed by atoms with Crippen molar-refractivity contribution in [1.82, 2.24) is 0 Å². The van der Waals surface area contributed by atoms with E-state index in [1.54, 1.807) is 0 Å². The van der Waals surface area contributed by atoms with Crippen LogP contribution in [0.15, 0.2) is 30.3 Å². The first kappa shape index (κ1) is 17.0. The van der Waals surface area contributed by atoms with Crippen LogP contribution in [-0.4, -0.2) is 0 Å². The summed E-state index contributed by atoms with van der Waals surface area (Å²) < 4.78 is 0. The van der Waals surface area contributed by atoms with Gasteiger partial charge in [0.2, 0.25) is 0 Å². The summed E-state index contributed by atoms with van der Waals surface area (Å²) in [6.45, 7) is 2.08. The van der Waals surface area contributed by atoms with Gasteiger partial charge in [0.25, 0.3) is 0 Å². The predicted octanol–water partition coefficient (Wildman–Crippen LogP) is 3.73. The number of hydrogen-bond acceptors (Lipinski definition) is 0. The summed E-state index contributed by atoms with van der Waals surface area (Å²) in [4.78, 5) is 0. The molecule has 0 N–H and O–H groups in total. The summed E-state index contributed by atoms with van der Waals surface area (Å²) in [5.74, 6) is 0. The van der Waals surface area contributed by atoms with E-state index in [0.29, 0.717) is 0 Å². The second-order valence-corrected chi connectivity index (χ2v) is 1.65. The Kier molecular flexibility index (Phi) is 16.4. The molecule has 0 saturated carbocycles. The number of aryl methyl sites for hydroxylation is 1. The first-order valence-electron chi connectivity index (χ1n) is 2.41. The molecule has 3 heteroatoms. The second-order valence-electron chi connectivity index (χ2n) is 1.65. The maximum atomic E-state index is 2.08. The van der Waals surface area contributed by atoms with Gasteiger partial charge in [-0.2, -0.15) is 0 Å². The van der Waals surface area contributed by atoms with Gasteiger partial charge in [-0.15, -0.1) is 50.9 Å². The Bertz CT molecular complexity index is 139. The molecule has 0 bridgehead atoms. The molecule has 1 aromatic rings. The lowest BCUT2D eigenvalue weighted by Gasteiger charge is -1.82. The van der Waals surface area contributed by atoms with E-state index >= 15 is 0 Å². The lowest BCUT2D eigenvalue weighted by Crippen LogP contribution is -1.62. The summed E-state index contributed by atoms with van der Waals surface area (Å²) in [5, 5.41) is 0. The van der Waals surface area contributed by atoms with E-state index in [9.17, 15) is 0 Å². The summed E-state index contributed by atoms with van der Waals surface area (Å²) >= 11 is 0. The Morgan fingerprint density at radius 3 is 1.40 bits per heavy atom. The SMILES string of the molecule is Br.Br.Br.Cc1ccccc1. The van der Waals surface area contributed by atoms with Crippen LogP contribution >= 0.6 is 50.9 Å². The van der Waals surface area contributed by atoms with Gasteiger partial charge in [0.05, 0.1) is 0 Å². The molecule has 10 heavy (non-hydrogen) atoms. The van der Waals surface area contributed by atoms with Crippen molar-refractivity contribution in [3.8, 4) is 0 Å². The molecule has 0 aromatic heterocycles. The average molecular weight is 335 g/mol. The zero-order valence-corrected chi connectivity index (χ0v) is 10.8. The Labute approximate surface area is 93.3 Å². The van der Waals surface area contributed by atoms with Crippen LogP contribution in [0.2, 0.25) is 0 Å². The van der Waals surface area contributed by atoms with Gasteiger partial charge in [0, 0.05) is 0 Å². The van der Waals surface area contributed by atoms with Crippen molar-refractivity contribution in [3.63, 3.8) is 0 Å². The third kappa shape index (κ3) is 6.78. The Hall–Kier alpha value is 0.660. The Balaban J connectivity index is -0.000000163. The summed E-state index contributed by atoms with van der Waals surface area (Å²) in [6, 6.07) is 10.3. The van der Waals surface area contributed by atoms with Crippen molar-refractivity contribution in [2.24, 2.45) is 0 Å². The van der Waals surface area contributed by atoms with E-state index in [4.69, 9.17) is 0 Å². The molecule has 0 saturated heterocycles. The molecule has 0 heterocycles. The van der Waals surface area contributed by atoms with Crippen LogP contribution in [-0.2, 0) is 0 Å². The van der Waals surface area contributed by atoms with Gasteiger partial charge in [-0.05, 0) is 6.92 Å². The summed E-state index contributed by atoms with van der Waals surface area (Å²) in [7, 11) is 0. The molecule has 1 aromatic carbocycles. The minimum absolute atomic E-state index is 0. The number of hydrogen-bond donors (Lipinski definition) is 0. The van der Waals surface area contributed by atoms with E-state index in [1.807, 2.05) is 18.2 Å². The topological polar surface area (TPSA) is 0 Å². The molecule has 0 aliphatic heterocycles. The largest absolute Gasteiger partial charge is 0.114 e. The van der Waals surface area contributed by atoms with Crippen LogP contribution in [0.4, 0.5) is 0 Å². The van der Waals surface area contributed by atoms with Gasteiger partial charge in [0.1, 0.15) is 0 Å². The highest BCUT2D eigenvalue weighted by atomic mass is 79.9. The summed E-state index contributed by atoms with van der Waals surface area (Å²) in [6.07, 6.45) is 0. The average Bonchev–Trinajstić information content (AvgIpc) is 1.69. The highest BCUT2D eigenvalue weighted by Crippen LogP contribution is 1.92. The van der Waals surface area contributed by atoms with E-state index in [2.05, 4.69) is 19.1 Å². The van der Waals surface area contributed by atoms with E-state index in [0.717, 1.165) is 0 Å². The monoisotopic (exact) mass is 332 g/mol. The standard InChI is InChI=1S/C7H8.3BrH/c1-7-5-3-2-4-6-7;;;/h2-6H,1H3;3*1H. The molecule has 0 aliphatic rings. The number of benzene rings is 1. The molecule has 0 aliphatic carbocycles.